The number of thiophene rings is 1. The summed E-state index contributed by atoms with van der Waals surface area (Å²) in [5.41, 5.74) is 3.44. The number of nitrogens with zero attached hydrogens (tertiary/aromatic N) is 2. The number of para-hydroxylation sites is 1. The predicted molar refractivity (Wildman–Crippen MR) is 152 cm³/mol. The number of aliphatic imine (C=N–C) groups is 1. The molecule has 1 atom stereocenters. The molecule has 0 saturated heterocycles. The Morgan fingerprint density at radius 3 is 2.53 bits per heavy atom. The second kappa shape index (κ2) is 10.4. The van der Waals surface area contributed by atoms with Crippen LogP contribution in [0.3, 0.4) is 0 Å². The minimum Gasteiger partial charge on any atom is -0.455 e. The van der Waals surface area contributed by atoms with E-state index in [2.05, 4.69) is 26.1 Å². The highest BCUT2D eigenvalue weighted by molar-refractivity contribution is 7.16. The van der Waals surface area contributed by atoms with E-state index < -0.39 is 4.92 Å². The van der Waals surface area contributed by atoms with Gasteiger partial charge in [-0.3, -0.25) is 14.9 Å². The summed E-state index contributed by atoms with van der Waals surface area (Å²) in [5.74, 6) is 1.51. The topological polar surface area (TPSA) is 97.7 Å². The number of carbonyl (C=O) groups excluding carboxylic acids is 1. The molecule has 0 aliphatic heterocycles. The van der Waals surface area contributed by atoms with Crippen LogP contribution >= 0.6 is 11.3 Å². The van der Waals surface area contributed by atoms with Crippen LogP contribution in [0, 0.1) is 21.4 Å². The van der Waals surface area contributed by atoms with Crippen LogP contribution in [0.1, 0.15) is 53.8 Å². The SMILES string of the molecule is CC(C)(C)[C@H]1CCc2c(sc(N=Cc3ccc(-c4ccc([N+](=O)[O-])cc4)o3)c2C(=O)Nc2ccccc2)C1. The van der Waals surface area contributed by atoms with Crippen molar-refractivity contribution in [2.75, 3.05) is 5.32 Å². The first-order chi connectivity index (χ1) is 18.2. The summed E-state index contributed by atoms with van der Waals surface area (Å²) in [6.07, 6.45) is 4.47. The summed E-state index contributed by atoms with van der Waals surface area (Å²) in [4.78, 5) is 29.9. The molecule has 1 N–H and O–H groups in total. The highest BCUT2D eigenvalue weighted by Crippen LogP contribution is 2.45. The Bertz CT molecular complexity index is 1490. The maximum absolute atomic E-state index is 13.5. The number of nitro groups is 1. The van der Waals surface area contributed by atoms with Gasteiger partial charge in [-0.25, -0.2) is 4.99 Å². The number of non-ortho nitro benzene ring substituents is 1. The van der Waals surface area contributed by atoms with Crippen LogP contribution in [0.5, 0.6) is 0 Å². The van der Waals surface area contributed by atoms with E-state index in [-0.39, 0.29) is 17.0 Å². The van der Waals surface area contributed by atoms with Crippen molar-refractivity contribution in [3.8, 4) is 11.3 Å². The number of nitrogens with one attached hydrogen (secondary N) is 1. The van der Waals surface area contributed by atoms with Crippen LogP contribution in [0.25, 0.3) is 11.3 Å². The molecule has 194 valence electrons. The maximum Gasteiger partial charge on any atom is 0.269 e. The number of nitro benzene ring substituents is 1. The smallest absolute Gasteiger partial charge is 0.269 e. The van der Waals surface area contributed by atoms with Gasteiger partial charge in [-0.2, -0.15) is 0 Å². The Morgan fingerprint density at radius 1 is 1.11 bits per heavy atom. The summed E-state index contributed by atoms with van der Waals surface area (Å²) < 4.78 is 5.94. The first kappa shape index (κ1) is 25.6. The zero-order chi connectivity index (χ0) is 26.9. The molecule has 1 amide bonds. The Hall–Kier alpha value is -4.04. The number of furan rings is 1. The molecule has 2 aromatic heterocycles. The second-order valence-electron chi connectivity index (χ2n) is 10.6. The van der Waals surface area contributed by atoms with Gasteiger partial charge in [0.2, 0.25) is 0 Å². The lowest BCUT2D eigenvalue weighted by Crippen LogP contribution is -2.27. The minimum absolute atomic E-state index is 0.0266. The molecule has 0 saturated carbocycles. The van der Waals surface area contributed by atoms with Crippen LogP contribution in [-0.4, -0.2) is 17.0 Å². The van der Waals surface area contributed by atoms with E-state index in [0.29, 0.717) is 28.0 Å². The van der Waals surface area contributed by atoms with Gasteiger partial charge in [-0.05, 0) is 72.6 Å². The maximum atomic E-state index is 13.5. The van der Waals surface area contributed by atoms with Gasteiger partial charge in [0.15, 0.2) is 0 Å². The normalized spacial score (nSPS) is 15.4. The Morgan fingerprint density at radius 2 is 1.84 bits per heavy atom. The van der Waals surface area contributed by atoms with Crippen molar-refractivity contribution in [1.29, 1.82) is 0 Å². The van der Waals surface area contributed by atoms with E-state index in [9.17, 15) is 14.9 Å². The molecule has 1 aliphatic carbocycles. The molecule has 8 heteroatoms. The Labute approximate surface area is 225 Å². The molecular weight excluding hydrogens is 498 g/mol. The molecule has 1 aliphatic rings. The number of hydrogen-bond donors (Lipinski definition) is 1. The molecule has 0 unspecified atom stereocenters. The van der Waals surface area contributed by atoms with E-state index in [1.807, 2.05) is 30.3 Å². The molecule has 0 spiro atoms. The minimum atomic E-state index is -0.431. The lowest BCUT2D eigenvalue weighted by atomic mass is 9.72. The van der Waals surface area contributed by atoms with E-state index >= 15 is 0 Å². The van der Waals surface area contributed by atoms with Gasteiger partial charge < -0.3 is 9.73 Å². The van der Waals surface area contributed by atoms with Crippen molar-refractivity contribution in [2.45, 2.75) is 40.0 Å². The molecule has 4 aromatic rings. The van der Waals surface area contributed by atoms with Crippen LogP contribution in [0.4, 0.5) is 16.4 Å². The highest BCUT2D eigenvalue weighted by Gasteiger charge is 2.33. The third-order valence-electron chi connectivity index (χ3n) is 7.03. The van der Waals surface area contributed by atoms with Gasteiger partial charge in [-0.15, -0.1) is 11.3 Å². The molecule has 38 heavy (non-hydrogen) atoms. The number of hydrogen-bond acceptors (Lipinski definition) is 6. The van der Waals surface area contributed by atoms with Crippen molar-refractivity contribution in [3.63, 3.8) is 0 Å². The monoisotopic (exact) mass is 527 g/mol. The van der Waals surface area contributed by atoms with E-state index in [4.69, 9.17) is 9.41 Å². The molecule has 0 bridgehead atoms. The molecule has 0 radical (unpaired) electrons. The average molecular weight is 528 g/mol. The Balaban J connectivity index is 1.44. The number of benzene rings is 2. The van der Waals surface area contributed by atoms with E-state index in [1.54, 1.807) is 41.8 Å². The molecular formula is C30H29N3O4S. The first-order valence-electron chi connectivity index (χ1n) is 12.6. The summed E-state index contributed by atoms with van der Waals surface area (Å²) in [6.45, 7) is 6.83. The number of carbonyl (C=O) groups is 1. The standard InChI is InChI=1S/C30H29N3O4S/c1-30(2,3)20-11-15-24-26(17-20)38-29(27(24)28(34)32-21-7-5-4-6-8-21)31-18-23-14-16-25(37-23)19-9-12-22(13-10-19)33(35)36/h4-10,12-14,16,18,20H,11,15,17H2,1-3H3,(H,32,34)/t20-/m0/s1. The summed E-state index contributed by atoms with van der Waals surface area (Å²) in [6, 6.07) is 19.3. The summed E-state index contributed by atoms with van der Waals surface area (Å²) in [7, 11) is 0. The fourth-order valence-corrected chi connectivity index (χ4v) is 6.07. The second-order valence-corrected chi connectivity index (χ2v) is 11.7. The van der Waals surface area contributed by atoms with Gasteiger partial charge in [0.05, 0.1) is 16.7 Å². The molecule has 0 fully saturated rings. The summed E-state index contributed by atoms with van der Waals surface area (Å²) in [5, 5.41) is 14.6. The first-order valence-corrected chi connectivity index (χ1v) is 13.4. The van der Waals surface area contributed by atoms with Gasteiger partial charge in [0, 0.05) is 28.3 Å². The third kappa shape index (κ3) is 5.45. The predicted octanol–water partition coefficient (Wildman–Crippen LogP) is 8.07. The number of fused-ring (bicyclic) bond motifs is 1. The fraction of sp³-hybridized carbons (Fsp3) is 0.267. The van der Waals surface area contributed by atoms with Crippen LogP contribution in [0.2, 0.25) is 0 Å². The van der Waals surface area contributed by atoms with Crippen molar-refractivity contribution < 1.29 is 14.1 Å². The molecule has 7 nitrogen and oxygen atoms in total. The van der Waals surface area contributed by atoms with Crippen LogP contribution < -0.4 is 5.32 Å². The van der Waals surface area contributed by atoms with Gasteiger partial charge in [0.1, 0.15) is 16.5 Å². The quantitative estimate of drug-likeness (QED) is 0.156. The highest BCUT2D eigenvalue weighted by atomic mass is 32.1. The molecule has 2 aromatic carbocycles. The average Bonchev–Trinajstić information content (AvgIpc) is 3.51. The fourth-order valence-electron chi connectivity index (χ4n) is 4.80. The largest absolute Gasteiger partial charge is 0.455 e. The van der Waals surface area contributed by atoms with Crippen molar-refractivity contribution in [1.82, 2.24) is 0 Å². The number of anilines is 1. The van der Waals surface area contributed by atoms with Crippen LogP contribution in [-0.2, 0) is 12.8 Å². The Kier molecular flexibility index (Phi) is 6.99. The zero-order valence-corrected chi connectivity index (χ0v) is 22.4. The van der Waals surface area contributed by atoms with Gasteiger partial charge >= 0.3 is 0 Å². The van der Waals surface area contributed by atoms with Crippen LogP contribution in [0.15, 0.2) is 76.1 Å². The number of amides is 1. The lowest BCUT2D eigenvalue weighted by Gasteiger charge is -2.33. The van der Waals surface area contributed by atoms with Crippen molar-refractivity contribution in [3.05, 3.63) is 98.6 Å². The van der Waals surface area contributed by atoms with Crippen molar-refractivity contribution >= 4 is 39.8 Å². The zero-order valence-electron chi connectivity index (χ0n) is 21.6. The van der Waals surface area contributed by atoms with E-state index in [1.165, 1.54) is 17.0 Å². The van der Waals surface area contributed by atoms with E-state index in [0.717, 1.165) is 36.1 Å². The third-order valence-corrected chi connectivity index (χ3v) is 8.19. The molecule has 2 heterocycles. The lowest BCUT2D eigenvalue weighted by molar-refractivity contribution is -0.384. The number of rotatable bonds is 6. The molecule has 5 rings (SSSR count). The van der Waals surface area contributed by atoms with Crippen molar-refractivity contribution in [2.24, 2.45) is 16.3 Å². The summed E-state index contributed by atoms with van der Waals surface area (Å²) >= 11 is 1.58. The van der Waals surface area contributed by atoms with Gasteiger partial charge in [-0.1, -0.05) is 39.0 Å². The van der Waals surface area contributed by atoms with Gasteiger partial charge in [0.25, 0.3) is 11.6 Å².